The third-order valence-electron chi connectivity index (χ3n) is 4.09. The number of Topliss-reactive ketones (excluding diaryl/α,β-unsaturated/α-hetero) is 1. The molecule has 9 heteroatoms. The van der Waals surface area contributed by atoms with E-state index in [9.17, 15) is 18.0 Å². The van der Waals surface area contributed by atoms with E-state index in [1.807, 2.05) is 11.1 Å². The van der Waals surface area contributed by atoms with Gasteiger partial charge >= 0.3 is 0 Å². The van der Waals surface area contributed by atoms with E-state index in [2.05, 4.69) is 0 Å². The molecule has 0 radical (unpaired) electrons. The molecule has 1 atom stereocenters. The highest BCUT2D eigenvalue weighted by Crippen LogP contribution is 2.16. The van der Waals surface area contributed by atoms with Gasteiger partial charge in [0.25, 0.3) is 0 Å². The van der Waals surface area contributed by atoms with Crippen LogP contribution in [-0.4, -0.2) is 50.0 Å². The van der Waals surface area contributed by atoms with Crippen LogP contribution in [0.4, 0.5) is 0 Å². The van der Waals surface area contributed by atoms with Crippen molar-refractivity contribution in [3.8, 4) is 0 Å². The maximum absolute atomic E-state index is 12.6. The van der Waals surface area contributed by atoms with Crippen LogP contribution >= 0.6 is 12.4 Å². The molecule has 1 aliphatic heterocycles. The highest BCUT2D eigenvalue weighted by atomic mass is 35.5. The van der Waals surface area contributed by atoms with Gasteiger partial charge in [0.2, 0.25) is 0 Å². The summed E-state index contributed by atoms with van der Waals surface area (Å²) in [7, 11) is -3.51. The van der Waals surface area contributed by atoms with Gasteiger partial charge in [-0.25, -0.2) is 8.42 Å². The van der Waals surface area contributed by atoms with Crippen molar-refractivity contribution in [2.75, 3.05) is 30.1 Å². The zero-order valence-corrected chi connectivity index (χ0v) is 15.3. The summed E-state index contributed by atoms with van der Waals surface area (Å²) < 4.78 is 24.6. The summed E-state index contributed by atoms with van der Waals surface area (Å²) in [6, 6.07) is 6.99. The third kappa shape index (κ3) is 4.02. The summed E-state index contributed by atoms with van der Waals surface area (Å²) in [6.45, 7) is 1.31. The highest BCUT2D eigenvalue weighted by molar-refractivity contribution is 7.91. The van der Waals surface area contributed by atoms with E-state index in [0.717, 1.165) is 12.7 Å². The molecule has 1 saturated heterocycles. The number of hydrogen-bond acceptors (Lipinski definition) is 6. The lowest BCUT2D eigenvalue weighted by atomic mass is 10.1. The topological polar surface area (TPSA) is 102 Å². The van der Waals surface area contributed by atoms with Crippen LogP contribution in [0.5, 0.6) is 0 Å². The lowest BCUT2D eigenvalue weighted by Crippen LogP contribution is -2.37. The van der Waals surface area contributed by atoms with Gasteiger partial charge in [0, 0.05) is 37.0 Å². The molecular weight excluding hydrogens is 366 g/mol. The van der Waals surface area contributed by atoms with Crippen molar-refractivity contribution in [3.63, 3.8) is 0 Å². The molecule has 25 heavy (non-hydrogen) atoms. The second kappa shape index (κ2) is 7.15. The molecule has 0 bridgehead atoms. The maximum atomic E-state index is 12.6. The van der Waals surface area contributed by atoms with Gasteiger partial charge in [0.15, 0.2) is 21.0 Å². The SMILES string of the molecule is CS(=O)(=O)CC(=O)c1cn(N2CCC(N)C2)c2ccccc2c1=O.Cl. The molecule has 1 aliphatic rings. The molecule has 0 aliphatic carbocycles. The van der Waals surface area contributed by atoms with Crippen LogP contribution in [0, 0.1) is 0 Å². The number of pyridine rings is 1. The molecule has 0 saturated carbocycles. The van der Waals surface area contributed by atoms with Crippen LogP contribution in [0.3, 0.4) is 0 Å². The Morgan fingerprint density at radius 1 is 1.32 bits per heavy atom. The number of carbonyl (C=O) groups is 1. The number of para-hydroxylation sites is 1. The van der Waals surface area contributed by atoms with E-state index in [1.165, 1.54) is 6.20 Å². The number of sulfone groups is 1. The van der Waals surface area contributed by atoms with Gasteiger partial charge in [-0.1, -0.05) is 12.1 Å². The molecular formula is C16H20ClN3O4S. The normalized spacial score (nSPS) is 17.5. The predicted molar refractivity (Wildman–Crippen MR) is 100 cm³/mol. The number of halogens is 1. The number of benzene rings is 1. The summed E-state index contributed by atoms with van der Waals surface area (Å²) in [5, 5.41) is 2.35. The number of hydrogen-bond donors (Lipinski definition) is 1. The van der Waals surface area contributed by atoms with E-state index in [0.29, 0.717) is 24.0 Å². The van der Waals surface area contributed by atoms with Crippen molar-refractivity contribution in [1.29, 1.82) is 0 Å². The quantitative estimate of drug-likeness (QED) is 0.760. The van der Waals surface area contributed by atoms with Crippen molar-refractivity contribution < 1.29 is 13.2 Å². The van der Waals surface area contributed by atoms with E-state index < -0.39 is 26.8 Å². The molecule has 0 spiro atoms. The maximum Gasteiger partial charge on any atom is 0.200 e. The van der Waals surface area contributed by atoms with Crippen molar-refractivity contribution in [2.45, 2.75) is 12.5 Å². The minimum Gasteiger partial charge on any atom is -0.326 e. The Kier molecular flexibility index (Phi) is 5.55. The zero-order chi connectivity index (χ0) is 17.5. The van der Waals surface area contributed by atoms with Crippen LogP contribution in [0.1, 0.15) is 16.8 Å². The first-order valence-corrected chi connectivity index (χ1v) is 9.68. The average molecular weight is 386 g/mol. The number of carbonyl (C=O) groups excluding carboxylic acids is 1. The summed E-state index contributed by atoms with van der Waals surface area (Å²) in [4.78, 5) is 24.9. The van der Waals surface area contributed by atoms with E-state index in [4.69, 9.17) is 5.73 Å². The van der Waals surface area contributed by atoms with Crippen LogP contribution in [-0.2, 0) is 9.84 Å². The number of nitrogens with two attached hydrogens (primary N) is 1. The van der Waals surface area contributed by atoms with E-state index >= 15 is 0 Å². The Hall–Kier alpha value is -1.90. The summed E-state index contributed by atoms with van der Waals surface area (Å²) in [5.41, 5.74) is 6.07. The zero-order valence-electron chi connectivity index (χ0n) is 13.7. The number of fused-ring (bicyclic) bond motifs is 1. The number of ketones is 1. The van der Waals surface area contributed by atoms with E-state index in [-0.39, 0.29) is 24.0 Å². The first-order valence-electron chi connectivity index (χ1n) is 7.62. The fraction of sp³-hybridized carbons (Fsp3) is 0.375. The molecule has 1 aromatic carbocycles. The Balaban J connectivity index is 0.00000225. The fourth-order valence-corrected chi connectivity index (χ4v) is 3.61. The summed E-state index contributed by atoms with van der Waals surface area (Å²) >= 11 is 0. The smallest absolute Gasteiger partial charge is 0.200 e. The molecule has 0 amide bonds. The molecule has 136 valence electrons. The lowest BCUT2D eigenvalue weighted by molar-refractivity contribution is 0.101. The minimum absolute atomic E-state index is 0. The lowest BCUT2D eigenvalue weighted by Gasteiger charge is -2.24. The predicted octanol–water partition coefficient (Wildman–Crippen LogP) is 0.320. The molecule has 1 aromatic heterocycles. The van der Waals surface area contributed by atoms with Crippen LogP contribution < -0.4 is 16.2 Å². The highest BCUT2D eigenvalue weighted by Gasteiger charge is 2.24. The third-order valence-corrected chi connectivity index (χ3v) is 4.88. The Labute approximate surface area is 151 Å². The van der Waals surface area contributed by atoms with Gasteiger partial charge in [-0.15, -0.1) is 12.4 Å². The van der Waals surface area contributed by atoms with E-state index in [1.54, 1.807) is 22.9 Å². The second-order valence-corrected chi connectivity index (χ2v) is 8.33. The first-order chi connectivity index (χ1) is 11.3. The molecule has 3 rings (SSSR count). The Bertz CT molecular complexity index is 971. The number of nitrogens with zero attached hydrogens (tertiary/aromatic N) is 2. The van der Waals surface area contributed by atoms with Gasteiger partial charge in [-0.3, -0.25) is 14.3 Å². The summed E-state index contributed by atoms with van der Waals surface area (Å²) in [5.74, 6) is -1.37. The second-order valence-electron chi connectivity index (χ2n) is 6.19. The molecule has 2 N–H and O–H groups in total. The van der Waals surface area contributed by atoms with Crippen LogP contribution in [0.15, 0.2) is 35.3 Å². The molecule has 1 fully saturated rings. The van der Waals surface area contributed by atoms with Gasteiger partial charge in [-0.2, -0.15) is 0 Å². The first kappa shape index (κ1) is 19.4. The van der Waals surface area contributed by atoms with Crippen molar-refractivity contribution >= 4 is 38.9 Å². The standard InChI is InChI=1S/C16H19N3O4S.ClH/c1-24(22,23)10-15(20)13-9-19(18-7-6-11(17)8-18)14-5-3-2-4-12(14)16(13)21;/h2-5,9,11H,6-8,10,17H2,1H3;1H. The molecule has 7 nitrogen and oxygen atoms in total. The van der Waals surface area contributed by atoms with Crippen molar-refractivity contribution in [2.24, 2.45) is 5.73 Å². The monoisotopic (exact) mass is 385 g/mol. The van der Waals surface area contributed by atoms with Gasteiger partial charge in [-0.05, 0) is 18.6 Å². The molecule has 2 heterocycles. The van der Waals surface area contributed by atoms with Gasteiger partial charge in [0.05, 0.1) is 11.1 Å². The summed E-state index contributed by atoms with van der Waals surface area (Å²) in [6.07, 6.45) is 3.23. The van der Waals surface area contributed by atoms with Crippen molar-refractivity contribution in [3.05, 3.63) is 46.2 Å². The van der Waals surface area contributed by atoms with Crippen LogP contribution in [0.2, 0.25) is 0 Å². The van der Waals surface area contributed by atoms with Gasteiger partial charge < -0.3 is 10.7 Å². The molecule has 1 unspecified atom stereocenters. The largest absolute Gasteiger partial charge is 0.326 e. The Morgan fingerprint density at radius 3 is 2.60 bits per heavy atom. The van der Waals surface area contributed by atoms with Crippen molar-refractivity contribution in [1.82, 2.24) is 4.68 Å². The minimum atomic E-state index is -3.51. The molecule has 2 aromatic rings. The van der Waals surface area contributed by atoms with Crippen LogP contribution in [0.25, 0.3) is 10.9 Å². The van der Waals surface area contributed by atoms with Gasteiger partial charge in [0.1, 0.15) is 5.75 Å². The fourth-order valence-electron chi connectivity index (χ4n) is 2.97. The average Bonchev–Trinajstić information content (AvgIpc) is 2.92. The Morgan fingerprint density at radius 2 is 2.00 bits per heavy atom. The number of rotatable bonds is 4. The number of aromatic nitrogens is 1.